The highest BCUT2D eigenvalue weighted by atomic mass is 31.2. The summed E-state index contributed by atoms with van der Waals surface area (Å²) in [4.78, 5) is 50.9. The van der Waals surface area contributed by atoms with Crippen molar-refractivity contribution >= 4 is 25.7 Å². The fourth-order valence-corrected chi connectivity index (χ4v) is 13.5. The SMILES string of the molecule is CCCCCCCC/C=C\CCCCCC(=O)OC(COC(=O)/C=C/C=C/CCCCCCCCCCCCC)COP(=O)(O)OC1C(OC2OC(CO)C(O)C(O)C2O)C(O)C(O)C(O)C1OC1OC(COC(=O)CCCCCCCCC(C)CCCCCCCC)C(O)C(O)C1O. The van der Waals surface area contributed by atoms with E-state index in [0.29, 0.717) is 25.2 Å². The third-order valence-corrected chi connectivity index (χ3v) is 19.9. The van der Waals surface area contributed by atoms with E-state index in [1.807, 2.05) is 6.08 Å². The first-order valence-electron chi connectivity index (χ1n) is 38.2. The molecule has 3 aliphatic rings. The maximum atomic E-state index is 14.3. The molecule has 0 amide bonds. The average molecular weight is 1440 g/mol. The molecule has 2 saturated heterocycles. The molecule has 24 nitrogen and oxygen atoms in total. The van der Waals surface area contributed by atoms with E-state index in [1.54, 1.807) is 6.08 Å². The lowest BCUT2D eigenvalue weighted by atomic mass is 9.84. The van der Waals surface area contributed by atoms with Crippen LogP contribution in [0.25, 0.3) is 0 Å². The van der Waals surface area contributed by atoms with Gasteiger partial charge in [0.15, 0.2) is 18.7 Å². The van der Waals surface area contributed by atoms with Gasteiger partial charge in [-0.15, -0.1) is 0 Å². The number of carbonyl (C=O) groups is 3. The summed E-state index contributed by atoms with van der Waals surface area (Å²) in [6, 6.07) is 0. The third-order valence-electron chi connectivity index (χ3n) is 18.9. The van der Waals surface area contributed by atoms with E-state index in [-0.39, 0.29) is 12.8 Å². The second kappa shape index (κ2) is 54.7. The molecule has 19 atom stereocenters. The van der Waals surface area contributed by atoms with Crippen LogP contribution in [0.5, 0.6) is 0 Å². The number of esters is 3. The largest absolute Gasteiger partial charge is 0.472 e. The number of hydrogen-bond donors (Lipinski definition) is 11. The molecule has 3 fully saturated rings. The zero-order chi connectivity index (χ0) is 72.6. The zero-order valence-corrected chi connectivity index (χ0v) is 61.3. The Morgan fingerprint density at radius 3 is 1.33 bits per heavy atom. The predicted molar refractivity (Wildman–Crippen MR) is 374 cm³/mol. The van der Waals surface area contributed by atoms with Crippen molar-refractivity contribution in [2.45, 2.75) is 382 Å². The minimum absolute atomic E-state index is 0.0244. The van der Waals surface area contributed by atoms with Gasteiger partial charge in [-0.1, -0.05) is 244 Å². The van der Waals surface area contributed by atoms with E-state index in [0.717, 1.165) is 89.5 Å². The lowest BCUT2D eigenvalue weighted by molar-refractivity contribution is -0.360. The van der Waals surface area contributed by atoms with Gasteiger partial charge in [0.1, 0.15) is 98.7 Å². The van der Waals surface area contributed by atoms with Gasteiger partial charge in [-0.25, -0.2) is 9.36 Å². The van der Waals surface area contributed by atoms with E-state index < -0.39 is 156 Å². The molecule has 0 radical (unpaired) electrons. The molecule has 19 unspecified atom stereocenters. The molecule has 11 N–H and O–H groups in total. The van der Waals surface area contributed by atoms with Crippen molar-refractivity contribution in [2.75, 3.05) is 26.4 Å². The summed E-state index contributed by atoms with van der Waals surface area (Å²) < 4.78 is 64.8. The van der Waals surface area contributed by atoms with Crippen molar-refractivity contribution in [3.8, 4) is 0 Å². The van der Waals surface area contributed by atoms with Gasteiger partial charge in [0.05, 0.1) is 13.2 Å². The van der Waals surface area contributed by atoms with Crippen LogP contribution in [0.2, 0.25) is 0 Å². The fourth-order valence-electron chi connectivity index (χ4n) is 12.6. The molecular formula is C74H133O24P. The van der Waals surface area contributed by atoms with Crippen LogP contribution in [-0.4, -0.2) is 204 Å². The molecular weight excluding hydrogens is 1300 g/mol. The average Bonchev–Trinajstić information content (AvgIpc) is 0.761. The molecule has 99 heavy (non-hydrogen) atoms. The number of carbonyl (C=O) groups excluding carboxylic acids is 3. The summed E-state index contributed by atoms with van der Waals surface area (Å²) in [7, 11) is -5.72. The highest BCUT2D eigenvalue weighted by molar-refractivity contribution is 7.47. The summed E-state index contributed by atoms with van der Waals surface area (Å²) in [5, 5.41) is 110. The Bertz CT molecular complexity index is 2210. The van der Waals surface area contributed by atoms with Crippen molar-refractivity contribution in [1.29, 1.82) is 0 Å². The highest BCUT2D eigenvalue weighted by Gasteiger charge is 2.58. The Balaban J connectivity index is 1.75. The number of aliphatic hydroxyl groups excluding tert-OH is 10. The standard InChI is InChI=1S/C74H133O24P/c1-5-8-11-14-17-19-21-23-24-26-27-29-31-37-42-47-58(76)90-51-55(93-60(78)49-44-39-32-30-28-25-22-20-18-15-12-9-6-2)52-92-99(88,89)98-72-70(96-73-68(86)63(81)61(79)56(50-75)94-73)66(84)65(83)67(85)71(72)97-74-69(87)64(82)62(80)57(95-74)53-91-59(77)48-43-38-34-33-36-41-46-54(4)45-40-35-16-13-10-7-3/h25,28,31,37,42,47,54-57,61-75,79-87H,5-24,26-27,29-30,32-36,38-41,43-46,48-53H2,1-4H3,(H,88,89)/b28-25-,37-31+,47-42+. The molecule has 0 spiro atoms. The molecule has 0 bridgehead atoms. The topological polar surface area (TPSA) is 374 Å². The van der Waals surface area contributed by atoms with Gasteiger partial charge < -0.3 is 89.1 Å². The van der Waals surface area contributed by atoms with Crippen molar-refractivity contribution in [3.05, 3.63) is 36.5 Å². The molecule has 25 heteroatoms. The van der Waals surface area contributed by atoms with Gasteiger partial charge in [0, 0.05) is 18.9 Å². The van der Waals surface area contributed by atoms with Crippen LogP contribution in [0.15, 0.2) is 36.5 Å². The van der Waals surface area contributed by atoms with Crippen LogP contribution in [0.4, 0.5) is 0 Å². The minimum atomic E-state index is -5.72. The molecule has 3 rings (SSSR count). The quantitative estimate of drug-likeness (QED) is 0.00512. The summed E-state index contributed by atoms with van der Waals surface area (Å²) in [6.07, 6.45) is 15.7. The Morgan fingerprint density at radius 2 is 0.848 bits per heavy atom. The smallest absolute Gasteiger partial charge is 0.463 e. The molecule has 0 aromatic heterocycles. The van der Waals surface area contributed by atoms with E-state index in [9.17, 15) is 74.9 Å². The van der Waals surface area contributed by atoms with Gasteiger partial charge in [0.2, 0.25) is 0 Å². The first-order chi connectivity index (χ1) is 47.7. The minimum Gasteiger partial charge on any atom is -0.463 e. The number of hydrogen-bond acceptors (Lipinski definition) is 23. The number of aliphatic hydroxyl groups is 10. The van der Waals surface area contributed by atoms with Gasteiger partial charge in [-0.05, 0) is 57.3 Å². The number of allylic oxidation sites excluding steroid dienone is 5. The number of phosphoric acid groups is 1. The summed E-state index contributed by atoms with van der Waals surface area (Å²) in [5.41, 5.74) is 0. The fraction of sp³-hybridized carbons (Fsp3) is 0.878. The van der Waals surface area contributed by atoms with Gasteiger partial charge in [-0.2, -0.15) is 0 Å². The number of unbranched alkanes of at least 4 members (excludes halogenated alkanes) is 30. The van der Waals surface area contributed by atoms with Crippen LogP contribution in [0.1, 0.15) is 278 Å². The zero-order valence-electron chi connectivity index (χ0n) is 60.4. The summed E-state index contributed by atoms with van der Waals surface area (Å²) in [6.45, 7) is 5.62. The number of phosphoric ester groups is 1. The Labute approximate surface area is 591 Å². The highest BCUT2D eigenvalue weighted by Crippen LogP contribution is 2.49. The predicted octanol–water partition coefficient (Wildman–Crippen LogP) is 10.5. The second-order valence-electron chi connectivity index (χ2n) is 27.7. The first kappa shape index (κ1) is 90.4. The van der Waals surface area contributed by atoms with Crippen LogP contribution in [0.3, 0.4) is 0 Å². The molecule has 0 aromatic rings. The van der Waals surface area contributed by atoms with Gasteiger partial charge in [-0.3, -0.25) is 18.6 Å². The normalized spacial score (nSPS) is 28.0. The van der Waals surface area contributed by atoms with Crippen LogP contribution in [0, 0.1) is 5.92 Å². The van der Waals surface area contributed by atoms with Crippen LogP contribution < -0.4 is 0 Å². The van der Waals surface area contributed by atoms with Crippen LogP contribution >= 0.6 is 7.82 Å². The maximum Gasteiger partial charge on any atom is 0.472 e. The van der Waals surface area contributed by atoms with Crippen LogP contribution in [-0.2, 0) is 61.2 Å². The summed E-state index contributed by atoms with van der Waals surface area (Å²) >= 11 is 0. The molecule has 0 aromatic carbocycles. The summed E-state index contributed by atoms with van der Waals surface area (Å²) in [5.74, 6) is -1.57. The molecule has 1 saturated carbocycles. The van der Waals surface area contributed by atoms with Crippen molar-refractivity contribution in [1.82, 2.24) is 0 Å². The van der Waals surface area contributed by atoms with Gasteiger partial charge in [0.25, 0.3) is 0 Å². The van der Waals surface area contributed by atoms with Crippen molar-refractivity contribution in [2.24, 2.45) is 5.92 Å². The number of ether oxygens (including phenoxy) is 7. The molecule has 2 heterocycles. The Kier molecular flexibility index (Phi) is 50.0. The maximum absolute atomic E-state index is 14.3. The molecule has 2 aliphatic heterocycles. The van der Waals surface area contributed by atoms with Crippen molar-refractivity contribution < 1.29 is 117 Å². The molecule has 1 aliphatic carbocycles. The monoisotopic (exact) mass is 1440 g/mol. The van der Waals surface area contributed by atoms with E-state index >= 15 is 0 Å². The third kappa shape index (κ3) is 38.1. The van der Waals surface area contributed by atoms with Gasteiger partial charge >= 0.3 is 25.7 Å². The second-order valence-corrected chi connectivity index (χ2v) is 29.1. The van der Waals surface area contributed by atoms with E-state index in [2.05, 4.69) is 39.8 Å². The molecule has 578 valence electrons. The van der Waals surface area contributed by atoms with E-state index in [4.69, 9.17) is 42.2 Å². The van der Waals surface area contributed by atoms with Crippen molar-refractivity contribution in [3.63, 3.8) is 0 Å². The first-order valence-corrected chi connectivity index (χ1v) is 39.7. The van der Waals surface area contributed by atoms with E-state index in [1.165, 1.54) is 141 Å². The number of rotatable bonds is 58. The Hall–Kier alpha value is -2.82. The lowest BCUT2D eigenvalue weighted by Crippen LogP contribution is -2.69. The lowest BCUT2D eigenvalue weighted by Gasteiger charge is -2.49. The Morgan fingerprint density at radius 1 is 0.444 bits per heavy atom.